The highest BCUT2D eigenvalue weighted by Crippen LogP contribution is 2.64. The number of nitrogens with zero attached hydrogens (tertiary/aromatic N) is 4. The van der Waals surface area contributed by atoms with E-state index in [0.29, 0.717) is 74.9 Å². The van der Waals surface area contributed by atoms with E-state index in [4.69, 9.17) is 130 Å². The monoisotopic (exact) mass is 2250 g/mol. The van der Waals surface area contributed by atoms with Crippen molar-refractivity contribution in [2.24, 2.45) is 0 Å². The number of H-pyrrole nitrogens is 4. The van der Waals surface area contributed by atoms with E-state index in [1.165, 1.54) is 33.0 Å². The Balaban J connectivity index is 0.000000170. The molecular weight excluding hydrogens is 2130 g/mol. The highest BCUT2D eigenvalue weighted by Gasteiger charge is 2.63. The molecule has 4 saturated heterocycles. The van der Waals surface area contributed by atoms with Gasteiger partial charge in [-0.15, -0.1) is 0 Å². The second kappa shape index (κ2) is 44.5. The van der Waals surface area contributed by atoms with Crippen LogP contribution >= 0.6 is 80.2 Å². The lowest BCUT2D eigenvalue weighted by Gasteiger charge is -2.31. The average molecular weight is 2260 g/mol. The number of halogens is 8. The Morgan fingerprint density at radius 2 is 0.568 bits per heavy atom. The molecule has 8 aliphatic rings. The highest BCUT2D eigenvalue weighted by atomic mass is 32.1. The summed E-state index contributed by atoms with van der Waals surface area (Å²) in [6.45, 7) is 22.4. The standard InChI is InChI=1S/4C23H29F2N2O8PS/c4*1-10(2)13-6-14(11(3)4)18-15(16(13)24)8-32-36(31,35-18)33-9-23(25)19(29)17(28)21(34-23)27-7-12(5)20(37)26-22(27)30/h4*6-7,10-11,17,19,21,28-29H,8-9H2,1-5H3,(H,26,30,37)/t4*17-,19+,21-,23-,36?/m1111/s1/i9D2,21D;21D;9D2;. The topological polar surface area (TPSA) is 529 Å². The van der Waals surface area contributed by atoms with Crippen molar-refractivity contribution in [3.05, 3.63) is 222 Å². The van der Waals surface area contributed by atoms with Crippen LogP contribution in [0.25, 0.3) is 0 Å². The minimum atomic E-state index is -5.08. The summed E-state index contributed by atoms with van der Waals surface area (Å²) < 4.78 is 312. The lowest BCUT2D eigenvalue weighted by Crippen LogP contribution is -2.43. The van der Waals surface area contributed by atoms with Crippen molar-refractivity contribution >= 4 is 80.2 Å². The summed E-state index contributed by atoms with van der Waals surface area (Å²) in [6, 6.07) is 6.30. The molecule has 0 aliphatic carbocycles. The Kier molecular flexibility index (Phi) is 32.6. The molecule has 20 atom stereocenters. The third-order valence-corrected chi connectivity index (χ3v) is 31.4. The molecule has 0 amide bonds. The lowest BCUT2D eigenvalue weighted by molar-refractivity contribution is -0.205. The molecular formula is C92H116F8N8O32P4S4. The Hall–Kier alpha value is -7.96. The van der Waals surface area contributed by atoms with E-state index in [1.54, 1.807) is 80.5 Å². The molecule has 4 unspecified atom stereocenters. The number of hydrogen-bond donors (Lipinski definition) is 12. The van der Waals surface area contributed by atoms with Gasteiger partial charge >= 0.3 is 54.0 Å². The summed E-state index contributed by atoms with van der Waals surface area (Å²) in [5, 5.41) is 83.7. The first-order valence-electron chi connectivity index (χ1n) is 49.0. The number of benzene rings is 4. The molecule has 16 rings (SSSR count). The number of rotatable bonds is 24. The van der Waals surface area contributed by atoms with Gasteiger partial charge in [-0.1, -0.05) is 160 Å². The van der Waals surface area contributed by atoms with Crippen molar-refractivity contribution in [1.82, 2.24) is 38.2 Å². The van der Waals surface area contributed by atoms with Gasteiger partial charge in [0.05, 0.1) is 56.9 Å². The van der Waals surface area contributed by atoms with Crippen LogP contribution in [0, 0.1) is 69.5 Å². The maximum atomic E-state index is 16.2. The number of ether oxygens (including phenoxy) is 4. The molecule has 0 bridgehead atoms. The second-order valence-electron chi connectivity index (χ2n) is 38.4. The highest BCUT2D eigenvalue weighted by molar-refractivity contribution is 7.72. The number of aryl methyl sites for hydroxylation is 4. The Morgan fingerprint density at radius 1 is 0.358 bits per heavy atom. The number of hydrogen-bond acceptors (Lipinski definition) is 36. The zero-order chi connectivity index (χ0) is 115. The first-order valence-corrected chi connectivity index (χ1v) is 53.5. The molecule has 4 aromatic heterocycles. The predicted octanol–water partition coefficient (Wildman–Crippen LogP) is 17.0. The molecule has 12 N–H and O–H groups in total. The van der Waals surface area contributed by atoms with Crippen LogP contribution in [-0.4, -0.2) is 178 Å². The van der Waals surface area contributed by atoms with E-state index < -0.39 is 227 Å². The number of phosphoric acid groups is 4. The van der Waals surface area contributed by atoms with Gasteiger partial charge in [0.25, 0.3) is 23.4 Å². The fourth-order valence-electron chi connectivity index (χ4n) is 16.2. The van der Waals surface area contributed by atoms with Gasteiger partial charge in [-0.25, -0.2) is 72.6 Å². The van der Waals surface area contributed by atoms with E-state index in [2.05, 4.69) is 19.9 Å². The fraction of sp³-hybridized carbons (Fsp3) is 0.565. The van der Waals surface area contributed by atoms with Gasteiger partial charge in [0.2, 0.25) is 0 Å². The van der Waals surface area contributed by atoms with Gasteiger partial charge < -0.3 is 77.9 Å². The molecule has 56 heteroatoms. The summed E-state index contributed by atoms with van der Waals surface area (Å²) >= 11 is 19.8. The molecule has 8 aromatic rings. The minimum Gasteiger partial charge on any atom is -0.403 e. The van der Waals surface area contributed by atoms with Gasteiger partial charge in [0.15, 0.2) is 24.9 Å². The van der Waals surface area contributed by atoms with E-state index in [1.807, 2.05) is 55.4 Å². The van der Waals surface area contributed by atoms with E-state index in [9.17, 15) is 78.3 Å². The number of alkyl halides is 4. The molecule has 4 fully saturated rings. The fourth-order valence-corrected chi connectivity index (χ4v) is 21.4. The zero-order valence-electron chi connectivity index (χ0n) is 88.9. The Morgan fingerprint density at radius 3 is 0.838 bits per heavy atom. The average Bonchev–Trinajstić information content (AvgIpc) is 1.55. The zero-order valence-corrected chi connectivity index (χ0v) is 89.7. The number of fused-ring (bicyclic) bond motifs is 4. The second-order valence-corrected chi connectivity index (χ2v) is 46.2. The van der Waals surface area contributed by atoms with Crippen molar-refractivity contribution in [2.45, 2.75) is 309 Å². The van der Waals surface area contributed by atoms with Crippen LogP contribution in [0.3, 0.4) is 0 Å². The Bertz CT molecular complexity index is 7530. The van der Waals surface area contributed by atoms with Crippen molar-refractivity contribution in [3.8, 4) is 23.0 Å². The van der Waals surface area contributed by atoms with Crippen LogP contribution in [0.2, 0.25) is 0 Å². The van der Waals surface area contributed by atoms with E-state index >= 15 is 35.1 Å². The summed E-state index contributed by atoms with van der Waals surface area (Å²) in [6.07, 6.45) is -24.1. The van der Waals surface area contributed by atoms with Crippen LogP contribution in [-0.2, 0) is 99.8 Å². The van der Waals surface area contributed by atoms with Crippen molar-refractivity contribution < 1.29 is 176 Å². The molecule has 12 heterocycles. The van der Waals surface area contributed by atoms with Gasteiger partial charge in [0, 0.05) is 47.0 Å². The van der Waals surface area contributed by atoms with Gasteiger partial charge in [-0.2, -0.15) is 0 Å². The maximum absolute atomic E-state index is 16.2. The number of aromatic nitrogens is 8. The van der Waals surface area contributed by atoms with Crippen LogP contribution in [0.4, 0.5) is 35.1 Å². The maximum Gasteiger partial charge on any atom is 0.530 e. The molecule has 40 nitrogen and oxygen atoms in total. The molecule has 4 aromatic carbocycles. The van der Waals surface area contributed by atoms with Crippen molar-refractivity contribution in [1.29, 1.82) is 0 Å². The van der Waals surface area contributed by atoms with Crippen molar-refractivity contribution in [2.75, 3.05) is 26.3 Å². The molecule has 8 aliphatic heterocycles. The first-order chi connectivity index (χ1) is 70.9. The quantitative estimate of drug-likeness (QED) is 0.0152. The largest absolute Gasteiger partial charge is 0.530 e. The van der Waals surface area contributed by atoms with Crippen LogP contribution in [0.15, 0.2) is 68.2 Å². The third-order valence-electron chi connectivity index (χ3n) is 24.8. The van der Waals surface area contributed by atoms with Gasteiger partial charge in [-0.05, 0) is 144 Å². The number of phosphoric ester groups is 4. The molecule has 0 spiro atoms. The number of aliphatic hydroxyl groups is 8. The van der Waals surface area contributed by atoms with Gasteiger partial charge in [-0.3, -0.25) is 74.4 Å². The van der Waals surface area contributed by atoms with Crippen LogP contribution in [0.1, 0.15) is 280 Å². The number of aromatic amines is 4. The SMILES string of the molecule is Cc1cn([C@@H]2O[C@](F)(COP3(=O)OCc4c(F)c(C(C)C)cc(C(C)C)c4O3)[C@@H](O)[C@H]2O)c(=O)[nH]c1=S.[2H]C([2H])(OP1(=O)OCc2c(F)c(C(C)C)cc(C(C)C)c2O1)[C@@]1(F)O[C@@H](n2cc(C)c(=S)[nH]c2=O)[C@H](O)[C@@H]1O.[2H]C([2H])(OP1(=O)OCc2c(F)c(C(C)C)cc(C(C)C)c2O1)[C@@]1(F)O[C@@]([2H])(n2cc(C)c(=S)[nH]c2=O)[C@H](O)[C@@H]1O.[2H][C@@]1(n2cc(C)c(=S)[nH]c2=O)O[C@](F)(COP2(=O)OCc3c(F)c(C(C)C)cc(C(C)C)c3O2)[C@@H](O)[C@H]1O. The minimum absolute atomic E-state index is 0.00763. The summed E-state index contributed by atoms with van der Waals surface area (Å²) in [4.78, 5) is 58.6. The number of nitrogens with one attached hydrogen (secondary N) is 4. The number of aliphatic hydroxyl groups excluding tert-OH is 8. The van der Waals surface area contributed by atoms with Gasteiger partial charge in [0.1, 0.15) is 140 Å². The lowest BCUT2D eigenvalue weighted by atomic mass is 9.91. The Labute approximate surface area is 870 Å². The third kappa shape index (κ3) is 23.5. The van der Waals surface area contributed by atoms with Crippen LogP contribution < -0.4 is 40.9 Å². The van der Waals surface area contributed by atoms with E-state index in [0.717, 1.165) is 23.2 Å². The molecule has 816 valence electrons. The van der Waals surface area contributed by atoms with E-state index in [-0.39, 0.29) is 117 Å². The first kappa shape index (κ1) is 108. The van der Waals surface area contributed by atoms with Crippen molar-refractivity contribution in [3.63, 3.8) is 0 Å². The smallest absolute Gasteiger partial charge is 0.403 e. The molecule has 148 heavy (non-hydrogen) atoms. The summed E-state index contributed by atoms with van der Waals surface area (Å²) in [5.74, 6) is -18.8. The molecule has 0 saturated carbocycles. The predicted molar refractivity (Wildman–Crippen MR) is 521 cm³/mol. The molecule has 0 radical (unpaired) electrons. The normalized spacial score (nSPS) is 31.3. The summed E-state index contributed by atoms with van der Waals surface area (Å²) in [5.41, 5.74) is 0.975. The summed E-state index contributed by atoms with van der Waals surface area (Å²) in [7, 11) is -19.1. The van der Waals surface area contributed by atoms with Crippen LogP contribution in [0.5, 0.6) is 23.0 Å².